The highest BCUT2D eigenvalue weighted by Crippen LogP contribution is 2.42. The number of fused-ring (bicyclic) bond motifs is 1. The highest BCUT2D eigenvalue weighted by molar-refractivity contribution is 5.96. The number of hydrazine groups is 1. The number of rotatable bonds is 5. The number of nitrogens with two attached hydrogens (primary N) is 2. The zero-order valence-electron chi connectivity index (χ0n) is 20.7. The molecule has 0 spiro atoms. The van der Waals surface area contributed by atoms with Gasteiger partial charge in [-0.25, -0.2) is 19.6 Å². The van der Waals surface area contributed by atoms with Crippen LogP contribution in [0.15, 0.2) is 42.1 Å². The molecule has 0 radical (unpaired) electrons. The third kappa shape index (κ3) is 4.21. The molecule has 2 heterocycles. The van der Waals surface area contributed by atoms with E-state index in [0.29, 0.717) is 29.9 Å². The lowest BCUT2D eigenvalue weighted by Crippen LogP contribution is -2.30. The van der Waals surface area contributed by atoms with Crippen molar-refractivity contribution in [1.29, 1.82) is 0 Å². The van der Waals surface area contributed by atoms with Crippen LogP contribution < -0.4 is 16.5 Å². The van der Waals surface area contributed by atoms with Crippen molar-refractivity contribution in [2.75, 3.05) is 11.9 Å². The number of amides is 1. The van der Waals surface area contributed by atoms with Crippen molar-refractivity contribution in [3.63, 3.8) is 0 Å². The predicted molar refractivity (Wildman–Crippen MR) is 136 cm³/mol. The van der Waals surface area contributed by atoms with Crippen LogP contribution in [0.3, 0.4) is 0 Å². The van der Waals surface area contributed by atoms with Crippen LogP contribution in [-0.2, 0) is 4.79 Å². The second-order valence-corrected chi connectivity index (χ2v) is 9.89. The molecule has 36 heavy (non-hydrogen) atoms. The third-order valence-corrected chi connectivity index (χ3v) is 7.35. The van der Waals surface area contributed by atoms with Gasteiger partial charge in [0.2, 0.25) is 5.91 Å². The lowest BCUT2D eigenvalue weighted by atomic mass is 9.94. The molecule has 2 aliphatic rings. The Balaban J connectivity index is 1.67. The van der Waals surface area contributed by atoms with Crippen LogP contribution in [0.4, 0.5) is 14.5 Å². The quantitative estimate of drug-likeness (QED) is 0.378. The maximum atomic E-state index is 14.1. The highest BCUT2D eigenvalue weighted by Gasteiger charge is 2.38. The lowest BCUT2D eigenvalue weighted by molar-refractivity contribution is -0.117. The molecule has 9 heteroatoms. The molecule has 2 fully saturated rings. The number of aromatic nitrogens is 2. The number of benzene rings is 2. The Hall–Kier alpha value is -3.46. The summed E-state index contributed by atoms with van der Waals surface area (Å²) >= 11 is 0. The molecule has 3 aromatic rings. The first-order valence-corrected chi connectivity index (χ1v) is 12.5. The van der Waals surface area contributed by atoms with Gasteiger partial charge in [0.15, 0.2) is 11.6 Å². The summed E-state index contributed by atoms with van der Waals surface area (Å²) in [4.78, 5) is 19.6. The van der Waals surface area contributed by atoms with E-state index in [1.165, 1.54) is 17.5 Å². The van der Waals surface area contributed by atoms with E-state index < -0.39 is 11.6 Å². The van der Waals surface area contributed by atoms with Gasteiger partial charge >= 0.3 is 0 Å². The molecule has 1 atom stereocenters. The average molecular weight is 495 g/mol. The van der Waals surface area contributed by atoms with E-state index in [1.807, 2.05) is 18.2 Å². The van der Waals surface area contributed by atoms with Crippen LogP contribution in [0.5, 0.6) is 0 Å². The van der Waals surface area contributed by atoms with E-state index >= 15 is 0 Å². The van der Waals surface area contributed by atoms with E-state index in [-0.39, 0.29) is 18.0 Å². The molecular formula is C27H32F2N6O. The van der Waals surface area contributed by atoms with Gasteiger partial charge in [0, 0.05) is 42.5 Å². The molecule has 1 saturated carbocycles. The molecule has 1 aromatic heterocycles. The fourth-order valence-electron chi connectivity index (χ4n) is 5.82. The summed E-state index contributed by atoms with van der Waals surface area (Å²) in [6.45, 7) is 1.80. The maximum Gasteiger partial charge on any atom is 0.227 e. The van der Waals surface area contributed by atoms with Gasteiger partial charge in [-0.3, -0.25) is 4.79 Å². The number of carbonyl (C=O) groups excluding carboxylic acids is 1. The number of anilines is 1. The second-order valence-electron chi connectivity index (χ2n) is 9.89. The monoisotopic (exact) mass is 494 g/mol. The Bertz CT molecular complexity index is 1340. The lowest BCUT2D eigenvalue weighted by Gasteiger charge is -2.30. The van der Waals surface area contributed by atoms with Crippen molar-refractivity contribution < 1.29 is 13.6 Å². The molecule has 0 unspecified atom stereocenters. The van der Waals surface area contributed by atoms with Gasteiger partial charge in [0.1, 0.15) is 5.82 Å². The minimum absolute atomic E-state index is 0.123. The molecular weight excluding hydrogens is 462 g/mol. The summed E-state index contributed by atoms with van der Waals surface area (Å²) in [6, 6.07) is 9.52. The zero-order chi connectivity index (χ0) is 25.6. The zero-order valence-corrected chi connectivity index (χ0v) is 20.7. The molecule has 1 saturated heterocycles. The number of allylic oxidation sites excluding steroid dienone is 1. The SMILES string of the molecule is C/C(N)=C(\c1ccc2c(c1)nc([C@@H]1CCC(=O)N1c1ccc(F)c(F)c1)n2C1CCCCC1)N(C)N. The molecule has 2 aromatic carbocycles. The van der Waals surface area contributed by atoms with Crippen LogP contribution in [0, 0.1) is 11.6 Å². The van der Waals surface area contributed by atoms with Gasteiger partial charge in [-0.1, -0.05) is 25.3 Å². The van der Waals surface area contributed by atoms with Crippen LogP contribution in [0.1, 0.15) is 75.3 Å². The van der Waals surface area contributed by atoms with E-state index in [4.69, 9.17) is 16.6 Å². The van der Waals surface area contributed by atoms with E-state index in [2.05, 4.69) is 4.57 Å². The molecule has 1 aliphatic heterocycles. The number of hydrogen-bond donors (Lipinski definition) is 2. The number of nitrogens with zero attached hydrogens (tertiary/aromatic N) is 4. The Labute approximate surface area is 209 Å². The van der Waals surface area contributed by atoms with Crippen molar-refractivity contribution >= 4 is 28.3 Å². The smallest absolute Gasteiger partial charge is 0.227 e. The molecule has 1 amide bonds. The molecule has 0 bridgehead atoms. The second kappa shape index (κ2) is 9.54. The van der Waals surface area contributed by atoms with Crippen molar-refractivity contribution in [3.8, 4) is 0 Å². The fraction of sp³-hybridized carbons (Fsp3) is 0.407. The van der Waals surface area contributed by atoms with Gasteiger partial charge in [-0.15, -0.1) is 0 Å². The van der Waals surface area contributed by atoms with Crippen LogP contribution in [0.25, 0.3) is 16.7 Å². The minimum Gasteiger partial charge on any atom is -0.401 e. The Kier molecular flexibility index (Phi) is 6.42. The topological polar surface area (TPSA) is 93.4 Å². The normalized spacial score (nSPS) is 19.8. The number of hydrogen-bond acceptors (Lipinski definition) is 5. The Morgan fingerprint density at radius 1 is 1.06 bits per heavy atom. The van der Waals surface area contributed by atoms with Crippen LogP contribution in [0.2, 0.25) is 0 Å². The van der Waals surface area contributed by atoms with Gasteiger partial charge < -0.3 is 20.2 Å². The largest absolute Gasteiger partial charge is 0.401 e. The molecule has 190 valence electrons. The first kappa shape index (κ1) is 24.2. The molecule has 5 rings (SSSR count). The summed E-state index contributed by atoms with van der Waals surface area (Å²) in [5.41, 5.74) is 10.4. The summed E-state index contributed by atoms with van der Waals surface area (Å²) in [6.07, 6.45) is 6.41. The predicted octanol–water partition coefficient (Wildman–Crippen LogP) is 5.14. The maximum absolute atomic E-state index is 14.1. The van der Waals surface area contributed by atoms with Gasteiger partial charge in [0.05, 0.1) is 22.8 Å². The van der Waals surface area contributed by atoms with Gasteiger partial charge in [-0.05, 0) is 50.5 Å². The summed E-state index contributed by atoms with van der Waals surface area (Å²) in [5, 5.41) is 1.50. The van der Waals surface area contributed by atoms with E-state index in [9.17, 15) is 13.6 Å². The number of imidazole rings is 1. The van der Waals surface area contributed by atoms with E-state index in [0.717, 1.165) is 60.2 Å². The summed E-state index contributed by atoms with van der Waals surface area (Å²) in [5.74, 6) is 4.80. The standard InChI is InChI=1S/C27H32F2N6O/c1-16(30)26(33(2)31)17-8-11-23-22(14-17)32-27(35(23)18-6-4-3-5-7-18)24-12-13-25(36)34(24)19-9-10-20(28)21(29)15-19/h8-11,14-15,18,24H,3-7,12-13,30-31H2,1-2H3/b26-16-/t24-/m0/s1. The van der Waals surface area contributed by atoms with Crippen molar-refractivity contribution in [2.24, 2.45) is 11.6 Å². The Morgan fingerprint density at radius 2 is 1.81 bits per heavy atom. The van der Waals surface area contributed by atoms with Crippen LogP contribution in [-0.4, -0.2) is 27.5 Å². The number of halogens is 2. The van der Waals surface area contributed by atoms with Gasteiger partial charge in [-0.2, -0.15) is 0 Å². The first-order valence-electron chi connectivity index (χ1n) is 12.5. The summed E-state index contributed by atoms with van der Waals surface area (Å²) in [7, 11) is 1.74. The summed E-state index contributed by atoms with van der Waals surface area (Å²) < 4.78 is 30.0. The number of carbonyl (C=O) groups is 1. The minimum atomic E-state index is -0.973. The Morgan fingerprint density at radius 3 is 2.47 bits per heavy atom. The molecule has 1 aliphatic carbocycles. The molecule has 4 N–H and O–H groups in total. The van der Waals surface area contributed by atoms with Crippen molar-refractivity contribution in [3.05, 3.63) is 65.1 Å². The third-order valence-electron chi connectivity index (χ3n) is 7.35. The van der Waals surface area contributed by atoms with Crippen LogP contribution >= 0.6 is 0 Å². The highest BCUT2D eigenvalue weighted by atomic mass is 19.2. The first-order chi connectivity index (χ1) is 17.3. The van der Waals surface area contributed by atoms with E-state index in [1.54, 1.807) is 18.9 Å². The van der Waals surface area contributed by atoms with Gasteiger partial charge in [0.25, 0.3) is 0 Å². The average Bonchev–Trinajstić information content (AvgIpc) is 3.41. The van der Waals surface area contributed by atoms with Crippen molar-refractivity contribution in [2.45, 2.75) is 64.0 Å². The van der Waals surface area contributed by atoms with Crippen molar-refractivity contribution in [1.82, 2.24) is 14.6 Å². The molecule has 7 nitrogen and oxygen atoms in total. The fourth-order valence-corrected chi connectivity index (χ4v) is 5.82.